The van der Waals surface area contributed by atoms with Gasteiger partial charge in [-0.25, -0.2) is 9.97 Å². The number of carbonyl (C=O) groups excluding carboxylic acids is 1. The van der Waals surface area contributed by atoms with Crippen LogP contribution in [0.3, 0.4) is 0 Å². The molecule has 3 aromatic rings. The first-order valence-electron chi connectivity index (χ1n) is 9.66. The first-order chi connectivity index (χ1) is 14.2. The SMILES string of the molecule is CN1CCN(c2ccc(Nc3cnc(C(=O)Nc4ccccc4)cn3)cc2)CC1. The number of anilines is 4. The molecule has 2 N–H and O–H groups in total. The van der Waals surface area contributed by atoms with Crippen LogP contribution in [0, 0.1) is 0 Å². The minimum absolute atomic E-state index is 0.268. The molecule has 1 aliphatic rings. The lowest BCUT2D eigenvalue weighted by Crippen LogP contribution is -2.44. The maximum absolute atomic E-state index is 12.3. The van der Waals surface area contributed by atoms with Crippen molar-refractivity contribution in [2.45, 2.75) is 0 Å². The fraction of sp³-hybridized carbons (Fsp3) is 0.227. The molecular formula is C22H24N6O. The van der Waals surface area contributed by atoms with Crippen LogP contribution in [0.15, 0.2) is 67.0 Å². The Morgan fingerprint density at radius 2 is 1.59 bits per heavy atom. The second kappa shape index (κ2) is 8.70. The van der Waals surface area contributed by atoms with Gasteiger partial charge in [-0.1, -0.05) is 18.2 Å². The molecule has 0 radical (unpaired) electrons. The van der Waals surface area contributed by atoms with Crippen molar-refractivity contribution in [2.75, 3.05) is 48.8 Å². The molecule has 0 saturated carbocycles. The van der Waals surface area contributed by atoms with Crippen LogP contribution in [0.4, 0.5) is 22.9 Å². The van der Waals surface area contributed by atoms with Crippen LogP contribution in [0.2, 0.25) is 0 Å². The lowest BCUT2D eigenvalue weighted by Gasteiger charge is -2.34. The zero-order valence-corrected chi connectivity index (χ0v) is 16.4. The van der Waals surface area contributed by atoms with Crippen molar-refractivity contribution < 1.29 is 4.79 Å². The predicted molar refractivity (Wildman–Crippen MR) is 116 cm³/mol. The Kier molecular flexibility index (Phi) is 5.67. The molecule has 7 nitrogen and oxygen atoms in total. The van der Waals surface area contributed by atoms with Gasteiger partial charge in [-0.2, -0.15) is 0 Å². The molecule has 7 heteroatoms. The average molecular weight is 388 g/mol. The van der Waals surface area contributed by atoms with E-state index >= 15 is 0 Å². The van der Waals surface area contributed by atoms with E-state index in [0.29, 0.717) is 5.82 Å². The molecule has 1 aromatic heterocycles. The molecule has 2 heterocycles. The number of likely N-dealkylation sites (N-methyl/N-ethyl adjacent to an activating group) is 1. The second-order valence-electron chi connectivity index (χ2n) is 7.07. The quantitative estimate of drug-likeness (QED) is 0.699. The minimum atomic E-state index is -0.285. The topological polar surface area (TPSA) is 73.4 Å². The van der Waals surface area contributed by atoms with E-state index < -0.39 is 0 Å². The Morgan fingerprint density at radius 1 is 0.862 bits per heavy atom. The summed E-state index contributed by atoms with van der Waals surface area (Å²) in [7, 11) is 2.15. The van der Waals surface area contributed by atoms with Gasteiger partial charge in [-0.15, -0.1) is 0 Å². The summed E-state index contributed by atoms with van der Waals surface area (Å²) in [4.78, 5) is 25.5. The van der Waals surface area contributed by atoms with Crippen molar-refractivity contribution in [3.8, 4) is 0 Å². The van der Waals surface area contributed by atoms with Gasteiger partial charge in [-0.3, -0.25) is 4.79 Å². The number of amides is 1. The molecule has 148 valence electrons. The second-order valence-corrected chi connectivity index (χ2v) is 7.07. The van der Waals surface area contributed by atoms with Gasteiger partial charge in [0.2, 0.25) is 0 Å². The lowest BCUT2D eigenvalue weighted by molar-refractivity contribution is 0.102. The largest absolute Gasteiger partial charge is 0.369 e. The summed E-state index contributed by atoms with van der Waals surface area (Å²) < 4.78 is 0. The van der Waals surface area contributed by atoms with Gasteiger partial charge >= 0.3 is 0 Å². The first-order valence-corrected chi connectivity index (χ1v) is 9.66. The van der Waals surface area contributed by atoms with Crippen LogP contribution in [-0.2, 0) is 0 Å². The lowest BCUT2D eigenvalue weighted by atomic mass is 10.2. The maximum Gasteiger partial charge on any atom is 0.275 e. The van der Waals surface area contributed by atoms with Crippen LogP contribution in [0.1, 0.15) is 10.5 Å². The van der Waals surface area contributed by atoms with Crippen molar-refractivity contribution >= 4 is 28.8 Å². The highest BCUT2D eigenvalue weighted by atomic mass is 16.1. The van der Waals surface area contributed by atoms with E-state index in [2.05, 4.69) is 49.6 Å². The zero-order valence-electron chi connectivity index (χ0n) is 16.4. The molecular weight excluding hydrogens is 364 g/mol. The predicted octanol–water partition coefficient (Wildman–Crippen LogP) is 3.22. The standard InChI is InChI=1S/C22H24N6O/c1-27-11-13-28(14-12-27)19-9-7-18(8-10-19)25-21-16-23-20(15-24-21)22(29)26-17-5-3-2-4-6-17/h2-10,15-16H,11-14H2,1H3,(H,24,25)(H,26,29). The van der Waals surface area contributed by atoms with E-state index in [1.54, 1.807) is 6.20 Å². The highest BCUT2D eigenvalue weighted by Crippen LogP contribution is 2.21. The number of nitrogens with zero attached hydrogens (tertiary/aromatic N) is 4. The Hall–Kier alpha value is -3.45. The Balaban J connectivity index is 1.35. The van der Waals surface area contributed by atoms with Crippen LogP contribution < -0.4 is 15.5 Å². The fourth-order valence-electron chi connectivity index (χ4n) is 3.19. The highest BCUT2D eigenvalue weighted by molar-refractivity contribution is 6.02. The first kappa shape index (κ1) is 18.9. The van der Waals surface area contributed by atoms with Crippen molar-refractivity contribution in [1.82, 2.24) is 14.9 Å². The molecule has 0 spiro atoms. The van der Waals surface area contributed by atoms with Crippen LogP contribution in [0.25, 0.3) is 0 Å². The number of rotatable bonds is 5. The van der Waals surface area contributed by atoms with Crippen molar-refractivity contribution in [3.05, 3.63) is 72.7 Å². The zero-order chi connectivity index (χ0) is 20.1. The number of benzene rings is 2. The highest BCUT2D eigenvalue weighted by Gasteiger charge is 2.14. The number of hydrogen-bond acceptors (Lipinski definition) is 6. The summed E-state index contributed by atoms with van der Waals surface area (Å²) in [6.07, 6.45) is 3.04. The molecule has 0 bridgehead atoms. The Bertz CT molecular complexity index is 935. The molecule has 1 saturated heterocycles. The molecule has 0 unspecified atom stereocenters. The average Bonchev–Trinajstić information content (AvgIpc) is 2.76. The third-order valence-electron chi connectivity index (χ3n) is 4.92. The summed E-state index contributed by atoms with van der Waals surface area (Å²) in [6.45, 7) is 4.25. The van der Waals surface area contributed by atoms with Crippen molar-refractivity contribution in [3.63, 3.8) is 0 Å². The van der Waals surface area contributed by atoms with E-state index in [1.807, 2.05) is 42.5 Å². The molecule has 0 atom stereocenters. The number of aromatic nitrogens is 2. The minimum Gasteiger partial charge on any atom is -0.369 e. The summed E-state index contributed by atoms with van der Waals surface area (Å²) in [5.41, 5.74) is 3.15. The summed E-state index contributed by atoms with van der Waals surface area (Å²) in [5.74, 6) is 0.306. The molecule has 0 aliphatic carbocycles. The van der Waals surface area contributed by atoms with Crippen LogP contribution in [-0.4, -0.2) is 54.0 Å². The Morgan fingerprint density at radius 3 is 2.24 bits per heavy atom. The monoisotopic (exact) mass is 388 g/mol. The van der Waals surface area contributed by atoms with Crippen molar-refractivity contribution in [1.29, 1.82) is 0 Å². The van der Waals surface area contributed by atoms with E-state index in [0.717, 1.165) is 37.6 Å². The number of carbonyl (C=O) groups is 1. The van der Waals surface area contributed by atoms with Gasteiger partial charge in [0.15, 0.2) is 0 Å². The number of hydrogen-bond donors (Lipinski definition) is 2. The smallest absolute Gasteiger partial charge is 0.275 e. The van der Waals surface area contributed by atoms with E-state index in [-0.39, 0.29) is 11.6 Å². The van der Waals surface area contributed by atoms with Gasteiger partial charge in [0, 0.05) is 43.2 Å². The van der Waals surface area contributed by atoms with Crippen molar-refractivity contribution in [2.24, 2.45) is 0 Å². The fourth-order valence-corrected chi connectivity index (χ4v) is 3.19. The van der Waals surface area contributed by atoms with Crippen LogP contribution in [0.5, 0.6) is 0 Å². The van der Waals surface area contributed by atoms with E-state index in [1.165, 1.54) is 11.9 Å². The van der Waals surface area contributed by atoms with Gasteiger partial charge in [0.1, 0.15) is 11.5 Å². The van der Waals surface area contributed by atoms with Gasteiger partial charge in [0.25, 0.3) is 5.91 Å². The number of piperazine rings is 1. The normalized spacial score (nSPS) is 14.4. The summed E-state index contributed by atoms with van der Waals surface area (Å²) in [5, 5.41) is 6.02. The van der Waals surface area contributed by atoms with Gasteiger partial charge < -0.3 is 20.4 Å². The molecule has 4 rings (SSSR count). The molecule has 2 aromatic carbocycles. The number of nitrogens with one attached hydrogen (secondary N) is 2. The van der Waals surface area contributed by atoms with Crippen LogP contribution >= 0.6 is 0 Å². The molecule has 29 heavy (non-hydrogen) atoms. The summed E-state index contributed by atoms with van der Waals surface area (Å²) >= 11 is 0. The maximum atomic E-state index is 12.3. The molecule has 1 amide bonds. The van der Waals surface area contributed by atoms with Gasteiger partial charge in [0.05, 0.1) is 12.4 Å². The third-order valence-corrected chi connectivity index (χ3v) is 4.92. The third kappa shape index (κ3) is 4.89. The van der Waals surface area contributed by atoms with Gasteiger partial charge in [-0.05, 0) is 43.4 Å². The Labute approximate surface area is 170 Å². The number of para-hydroxylation sites is 1. The van der Waals surface area contributed by atoms with E-state index in [4.69, 9.17) is 0 Å². The molecule has 1 fully saturated rings. The molecule has 1 aliphatic heterocycles. The summed E-state index contributed by atoms with van der Waals surface area (Å²) in [6, 6.07) is 17.6. The van der Waals surface area contributed by atoms with E-state index in [9.17, 15) is 4.79 Å².